The molecule has 1 aliphatic rings. The Morgan fingerprint density at radius 2 is 2.36 bits per heavy atom. The number of ether oxygens (including phenoxy) is 1. The van der Waals surface area contributed by atoms with E-state index in [0.717, 1.165) is 44.3 Å². The number of likely N-dealkylation sites (tertiary alicyclic amines) is 1. The molecule has 1 atom stereocenters. The van der Waals surface area contributed by atoms with Gasteiger partial charge in [0.2, 0.25) is 5.95 Å². The number of nitrogen functional groups attached to an aromatic ring is 1. The van der Waals surface area contributed by atoms with Crippen LogP contribution in [0.5, 0.6) is 0 Å². The van der Waals surface area contributed by atoms with Crippen molar-refractivity contribution >= 4 is 17.4 Å². The Kier molecular flexibility index (Phi) is 4.39. The van der Waals surface area contributed by atoms with Crippen molar-refractivity contribution in [1.82, 2.24) is 24.5 Å². The Hall–Kier alpha value is -1.93. The lowest BCUT2D eigenvalue weighted by atomic mass is 10.1. The molecule has 0 radical (unpaired) electrons. The fourth-order valence-corrected chi connectivity index (χ4v) is 3.00. The predicted molar refractivity (Wildman–Crippen MR) is 84.9 cm³/mol. The molecular weight excluding hydrogens is 282 g/mol. The van der Waals surface area contributed by atoms with E-state index in [1.807, 2.05) is 13.1 Å². The third-order valence-electron chi connectivity index (χ3n) is 4.21. The minimum atomic E-state index is 0.414. The van der Waals surface area contributed by atoms with Gasteiger partial charge in [0.25, 0.3) is 0 Å². The highest BCUT2D eigenvalue weighted by atomic mass is 16.5. The number of nitrogens with two attached hydrogens (primary N) is 1. The van der Waals surface area contributed by atoms with Crippen LogP contribution in [-0.4, -0.2) is 71.4 Å². The molecule has 8 heteroatoms. The van der Waals surface area contributed by atoms with Crippen LogP contribution >= 0.6 is 0 Å². The average Bonchev–Trinajstić information content (AvgIpc) is 3.14. The van der Waals surface area contributed by atoms with Crippen LogP contribution in [0.15, 0.2) is 12.4 Å². The Labute approximate surface area is 129 Å². The summed E-state index contributed by atoms with van der Waals surface area (Å²) in [6.45, 7) is 5.01. The molecule has 8 nitrogen and oxygen atoms in total. The Morgan fingerprint density at radius 3 is 3.18 bits per heavy atom. The van der Waals surface area contributed by atoms with E-state index < -0.39 is 0 Å². The molecule has 1 fully saturated rings. The summed E-state index contributed by atoms with van der Waals surface area (Å²) in [7, 11) is 3.80. The van der Waals surface area contributed by atoms with E-state index in [2.05, 4.69) is 25.0 Å². The van der Waals surface area contributed by atoms with Crippen LogP contribution < -0.4 is 10.6 Å². The lowest BCUT2D eigenvalue weighted by Gasteiger charge is -2.23. The van der Waals surface area contributed by atoms with E-state index in [4.69, 9.17) is 10.5 Å². The van der Waals surface area contributed by atoms with Gasteiger partial charge in [0.05, 0.1) is 6.61 Å². The first kappa shape index (κ1) is 15.0. The van der Waals surface area contributed by atoms with Gasteiger partial charge in [-0.25, -0.2) is 0 Å². The van der Waals surface area contributed by atoms with E-state index in [1.54, 1.807) is 17.8 Å². The maximum atomic E-state index is 5.95. The van der Waals surface area contributed by atoms with Crippen molar-refractivity contribution in [2.45, 2.75) is 6.42 Å². The molecule has 120 valence electrons. The highest BCUT2D eigenvalue weighted by Gasteiger charge is 2.23. The molecule has 1 unspecified atom stereocenters. The van der Waals surface area contributed by atoms with E-state index in [0.29, 0.717) is 11.9 Å². The van der Waals surface area contributed by atoms with Gasteiger partial charge in [0, 0.05) is 39.9 Å². The third kappa shape index (κ3) is 3.12. The smallest absolute Gasteiger partial charge is 0.209 e. The molecule has 0 aromatic carbocycles. The molecule has 3 rings (SSSR count). The van der Waals surface area contributed by atoms with Crippen LogP contribution in [0, 0.1) is 5.92 Å². The zero-order valence-corrected chi connectivity index (χ0v) is 13.1. The Bertz CT molecular complexity index is 629. The van der Waals surface area contributed by atoms with Gasteiger partial charge in [-0.15, -0.1) is 10.2 Å². The van der Waals surface area contributed by atoms with Crippen molar-refractivity contribution in [3.63, 3.8) is 0 Å². The molecular formula is C14H23N7O. The molecule has 3 heterocycles. The van der Waals surface area contributed by atoms with Gasteiger partial charge in [0.1, 0.15) is 12.1 Å². The minimum absolute atomic E-state index is 0.414. The number of methoxy groups -OCH3 is 1. The molecule has 1 saturated heterocycles. The summed E-state index contributed by atoms with van der Waals surface area (Å²) in [6, 6.07) is 1.92. The van der Waals surface area contributed by atoms with Gasteiger partial charge in [-0.1, -0.05) is 0 Å². The van der Waals surface area contributed by atoms with Crippen molar-refractivity contribution in [3.8, 4) is 0 Å². The molecule has 0 aliphatic carbocycles. The molecule has 2 N–H and O–H groups in total. The first-order chi connectivity index (χ1) is 10.7. The summed E-state index contributed by atoms with van der Waals surface area (Å²) < 4.78 is 6.82. The van der Waals surface area contributed by atoms with Crippen molar-refractivity contribution in [3.05, 3.63) is 12.4 Å². The second-order valence-corrected chi connectivity index (χ2v) is 5.86. The highest BCUT2D eigenvalue weighted by molar-refractivity contribution is 5.54. The number of anilines is 2. The van der Waals surface area contributed by atoms with E-state index in [9.17, 15) is 0 Å². The van der Waals surface area contributed by atoms with Crippen molar-refractivity contribution in [2.24, 2.45) is 5.92 Å². The molecule has 2 aromatic rings. The van der Waals surface area contributed by atoms with Gasteiger partial charge in [-0.3, -0.25) is 4.40 Å². The Balaban J connectivity index is 1.62. The quantitative estimate of drug-likeness (QED) is 0.811. The normalized spacial score (nSPS) is 19.1. The highest BCUT2D eigenvalue weighted by Crippen LogP contribution is 2.20. The lowest BCUT2D eigenvalue weighted by Crippen LogP contribution is -2.30. The summed E-state index contributed by atoms with van der Waals surface area (Å²) in [5.41, 5.74) is 6.67. The number of nitrogens with zero attached hydrogens (tertiary/aromatic N) is 6. The summed E-state index contributed by atoms with van der Waals surface area (Å²) in [6.07, 6.45) is 2.78. The second kappa shape index (κ2) is 6.45. The van der Waals surface area contributed by atoms with Gasteiger partial charge in [0.15, 0.2) is 5.65 Å². The predicted octanol–water partition coefficient (Wildman–Crippen LogP) is 0.111. The van der Waals surface area contributed by atoms with Crippen LogP contribution in [0.1, 0.15) is 6.42 Å². The second-order valence-electron chi connectivity index (χ2n) is 5.86. The van der Waals surface area contributed by atoms with Crippen molar-refractivity contribution in [1.29, 1.82) is 0 Å². The van der Waals surface area contributed by atoms with Gasteiger partial charge in [-0.2, -0.15) is 4.98 Å². The van der Waals surface area contributed by atoms with Gasteiger partial charge in [-0.05, 0) is 18.9 Å². The molecule has 0 amide bonds. The van der Waals surface area contributed by atoms with Crippen molar-refractivity contribution < 1.29 is 4.74 Å². The summed E-state index contributed by atoms with van der Waals surface area (Å²) in [5.74, 6) is 1.89. The molecule has 2 aromatic heterocycles. The SMILES string of the molecule is COCCN1CCC(CN(C)c2cc3nncn3c(N)n2)C1. The van der Waals surface area contributed by atoms with E-state index in [1.165, 1.54) is 6.42 Å². The summed E-state index contributed by atoms with van der Waals surface area (Å²) in [5, 5.41) is 7.90. The van der Waals surface area contributed by atoms with E-state index >= 15 is 0 Å². The largest absolute Gasteiger partial charge is 0.383 e. The third-order valence-corrected chi connectivity index (χ3v) is 4.21. The number of fused-ring (bicyclic) bond motifs is 1. The summed E-state index contributed by atoms with van der Waals surface area (Å²) in [4.78, 5) is 9.04. The number of hydrogen-bond acceptors (Lipinski definition) is 7. The Morgan fingerprint density at radius 1 is 1.50 bits per heavy atom. The number of hydrogen-bond donors (Lipinski definition) is 1. The maximum Gasteiger partial charge on any atom is 0.209 e. The lowest BCUT2D eigenvalue weighted by molar-refractivity contribution is 0.159. The fourth-order valence-electron chi connectivity index (χ4n) is 3.00. The number of aromatic nitrogens is 4. The standard InChI is InChI=1S/C14H23N7O/c1-19(8-11-3-4-20(9-11)5-6-22-2)12-7-13-18-16-10-21(13)14(15)17-12/h7,10-11H,3-6,8-9H2,1-2H3,(H2,15,17). The van der Waals surface area contributed by atoms with Gasteiger partial charge >= 0.3 is 0 Å². The van der Waals surface area contributed by atoms with Crippen LogP contribution in [0.3, 0.4) is 0 Å². The monoisotopic (exact) mass is 305 g/mol. The first-order valence-electron chi connectivity index (χ1n) is 7.56. The zero-order chi connectivity index (χ0) is 15.5. The summed E-state index contributed by atoms with van der Waals surface area (Å²) >= 11 is 0. The first-order valence-corrected chi connectivity index (χ1v) is 7.56. The van der Waals surface area contributed by atoms with Crippen LogP contribution in [0.4, 0.5) is 11.8 Å². The topological polar surface area (TPSA) is 84.8 Å². The van der Waals surface area contributed by atoms with Crippen LogP contribution in [-0.2, 0) is 4.74 Å². The zero-order valence-electron chi connectivity index (χ0n) is 13.1. The molecule has 0 spiro atoms. The average molecular weight is 305 g/mol. The number of rotatable bonds is 6. The maximum absolute atomic E-state index is 5.95. The van der Waals surface area contributed by atoms with E-state index in [-0.39, 0.29) is 0 Å². The van der Waals surface area contributed by atoms with Crippen molar-refractivity contribution in [2.75, 3.05) is 57.6 Å². The van der Waals surface area contributed by atoms with Crippen LogP contribution in [0.25, 0.3) is 5.65 Å². The van der Waals surface area contributed by atoms with Gasteiger partial charge < -0.3 is 20.3 Å². The molecule has 0 saturated carbocycles. The molecule has 22 heavy (non-hydrogen) atoms. The minimum Gasteiger partial charge on any atom is -0.383 e. The fraction of sp³-hybridized carbons (Fsp3) is 0.643. The molecule has 0 bridgehead atoms. The van der Waals surface area contributed by atoms with Crippen LogP contribution in [0.2, 0.25) is 0 Å². The molecule has 1 aliphatic heterocycles.